The van der Waals surface area contributed by atoms with Crippen molar-refractivity contribution in [3.05, 3.63) is 70.5 Å². The lowest BCUT2D eigenvalue weighted by Crippen LogP contribution is -2.20. The highest BCUT2D eigenvalue weighted by Gasteiger charge is 2.43. The maximum Gasteiger partial charge on any atom is 0.243 e. The number of rotatable bonds is 4. The second-order valence-electron chi connectivity index (χ2n) is 5.23. The zero-order valence-electron chi connectivity index (χ0n) is 11.7. The smallest absolute Gasteiger partial charge is 0.243 e. The largest absolute Gasteiger partial charge is 0.273 e. The summed E-state index contributed by atoms with van der Waals surface area (Å²) in [5.41, 5.74) is 3.78. The van der Waals surface area contributed by atoms with Crippen LogP contribution in [0.3, 0.4) is 0 Å². The average Bonchev–Trinajstić information content (AvgIpc) is 3.32. The molecule has 0 radical (unpaired) electrons. The van der Waals surface area contributed by atoms with Crippen molar-refractivity contribution in [1.29, 1.82) is 0 Å². The fourth-order valence-corrected chi connectivity index (χ4v) is 2.64. The number of halogens is 2. The Morgan fingerprint density at radius 2 is 2.00 bits per heavy atom. The molecule has 3 rings (SSSR count). The summed E-state index contributed by atoms with van der Waals surface area (Å²) >= 11 is 5.88. The molecule has 0 saturated heterocycles. The van der Waals surface area contributed by atoms with Gasteiger partial charge < -0.3 is 0 Å². The van der Waals surface area contributed by atoms with Crippen molar-refractivity contribution in [1.82, 2.24) is 5.43 Å². The van der Waals surface area contributed by atoms with Crippen LogP contribution in [0.25, 0.3) is 0 Å². The van der Waals surface area contributed by atoms with Crippen molar-refractivity contribution in [2.24, 2.45) is 11.0 Å². The highest BCUT2D eigenvalue weighted by Crippen LogP contribution is 2.47. The molecule has 3 nitrogen and oxygen atoms in total. The van der Waals surface area contributed by atoms with E-state index in [4.69, 9.17) is 11.6 Å². The third-order valence-corrected chi connectivity index (χ3v) is 4.05. The molecule has 1 amide bonds. The van der Waals surface area contributed by atoms with Gasteiger partial charge in [0.25, 0.3) is 0 Å². The number of carbonyl (C=O) groups is 1. The molecule has 1 saturated carbocycles. The Bertz CT molecular complexity index is 698. The molecule has 0 spiro atoms. The first-order chi connectivity index (χ1) is 10.7. The molecule has 0 unspecified atom stereocenters. The highest BCUT2D eigenvalue weighted by atomic mass is 35.5. The number of benzene rings is 2. The van der Waals surface area contributed by atoms with E-state index in [1.807, 2.05) is 30.3 Å². The predicted octanol–water partition coefficient (Wildman–Crippen LogP) is 3.73. The Morgan fingerprint density at radius 1 is 1.23 bits per heavy atom. The molecule has 0 bridgehead atoms. The molecular formula is C17H14ClFN2O. The van der Waals surface area contributed by atoms with Crippen LogP contribution in [-0.4, -0.2) is 12.1 Å². The maximum atomic E-state index is 13.5. The van der Waals surface area contributed by atoms with Gasteiger partial charge in [0.15, 0.2) is 0 Å². The molecule has 2 atom stereocenters. The lowest BCUT2D eigenvalue weighted by molar-refractivity contribution is -0.122. The van der Waals surface area contributed by atoms with Crippen molar-refractivity contribution < 1.29 is 9.18 Å². The summed E-state index contributed by atoms with van der Waals surface area (Å²) in [7, 11) is 0. The fourth-order valence-electron chi connectivity index (χ4n) is 2.43. The lowest BCUT2D eigenvalue weighted by atomic mass is 10.1. The molecule has 0 aliphatic heterocycles. The standard InChI is InChI=1S/C17H14ClFN2O/c18-15-7-4-8-16(19)14(15)10-20-21-17(22)13-9-12(13)11-5-2-1-3-6-11/h1-8,10,12-13H,9H2,(H,21,22)/b20-10-/t12-,13-/m1/s1. The Balaban J connectivity index is 1.59. The van der Waals surface area contributed by atoms with Gasteiger partial charge in [0, 0.05) is 11.5 Å². The van der Waals surface area contributed by atoms with E-state index >= 15 is 0 Å². The molecular weight excluding hydrogens is 303 g/mol. The third-order valence-electron chi connectivity index (χ3n) is 3.72. The van der Waals surface area contributed by atoms with Crippen LogP contribution in [0.1, 0.15) is 23.5 Å². The number of amides is 1. The van der Waals surface area contributed by atoms with Crippen LogP contribution in [0.4, 0.5) is 4.39 Å². The molecule has 22 heavy (non-hydrogen) atoms. The number of hydrogen-bond donors (Lipinski definition) is 1. The predicted molar refractivity (Wildman–Crippen MR) is 84.4 cm³/mol. The van der Waals surface area contributed by atoms with Crippen LogP contribution in [0.2, 0.25) is 5.02 Å². The van der Waals surface area contributed by atoms with E-state index in [2.05, 4.69) is 10.5 Å². The Labute approximate surface area is 132 Å². The van der Waals surface area contributed by atoms with Gasteiger partial charge in [-0.25, -0.2) is 9.82 Å². The van der Waals surface area contributed by atoms with Gasteiger partial charge in [-0.05, 0) is 30.0 Å². The zero-order chi connectivity index (χ0) is 15.5. The third kappa shape index (κ3) is 3.17. The number of hydrogen-bond acceptors (Lipinski definition) is 2. The van der Waals surface area contributed by atoms with Gasteiger partial charge in [0.05, 0.1) is 11.2 Å². The summed E-state index contributed by atoms with van der Waals surface area (Å²) in [4.78, 5) is 12.0. The summed E-state index contributed by atoms with van der Waals surface area (Å²) in [5.74, 6) is -0.458. The maximum absolute atomic E-state index is 13.5. The topological polar surface area (TPSA) is 41.5 Å². The van der Waals surface area contributed by atoms with E-state index in [-0.39, 0.29) is 28.3 Å². The van der Waals surface area contributed by atoms with Gasteiger partial charge in [-0.1, -0.05) is 48.0 Å². The molecule has 5 heteroatoms. The van der Waals surface area contributed by atoms with Crippen LogP contribution in [0.5, 0.6) is 0 Å². The normalized spacial score (nSPS) is 20.1. The summed E-state index contributed by atoms with van der Waals surface area (Å²) < 4.78 is 13.5. The van der Waals surface area contributed by atoms with Crippen molar-refractivity contribution in [3.8, 4) is 0 Å². The molecule has 2 aromatic carbocycles. The quantitative estimate of drug-likeness (QED) is 0.677. The minimum absolute atomic E-state index is 0.0735. The molecule has 0 heterocycles. The van der Waals surface area contributed by atoms with Crippen molar-refractivity contribution in [2.45, 2.75) is 12.3 Å². The first-order valence-electron chi connectivity index (χ1n) is 6.98. The number of carbonyl (C=O) groups excluding carboxylic acids is 1. The zero-order valence-corrected chi connectivity index (χ0v) is 12.4. The molecule has 112 valence electrons. The minimum Gasteiger partial charge on any atom is -0.273 e. The van der Waals surface area contributed by atoms with Gasteiger partial charge in [-0.15, -0.1) is 0 Å². The SMILES string of the molecule is O=C(N/N=C\c1c(F)cccc1Cl)[C@@H]1C[C@@H]1c1ccccc1. The Kier molecular flexibility index (Phi) is 4.20. The van der Waals surface area contributed by atoms with E-state index in [1.165, 1.54) is 18.3 Å². The molecule has 1 aliphatic carbocycles. The van der Waals surface area contributed by atoms with Crippen LogP contribution >= 0.6 is 11.6 Å². The van der Waals surface area contributed by atoms with Gasteiger partial charge >= 0.3 is 0 Å². The van der Waals surface area contributed by atoms with Crippen LogP contribution in [0.15, 0.2) is 53.6 Å². The van der Waals surface area contributed by atoms with Crippen LogP contribution in [0, 0.1) is 11.7 Å². The number of hydrazone groups is 1. The monoisotopic (exact) mass is 316 g/mol. The number of nitrogens with zero attached hydrogens (tertiary/aromatic N) is 1. The van der Waals surface area contributed by atoms with E-state index in [1.54, 1.807) is 6.07 Å². The first-order valence-corrected chi connectivity index (χ1v) is 7.36. The summed E-state index contributed by atoms with van der Waals surface area (Å²) in [6.07, 6.45) is 2.04. The minimum atomic E-state index is -0.473. The molecule has 1 aliphatic rings. The van der Waals surface area contributed by atoms with Crippen LogP contribution in [-0.2, 0) is 4.79 Å². The summed E-state index contributed by atoms with van der Waals surface area (Å²) in [5, 5.41) is 4.06. The lowest BCUT2D eigenvalue weighted by Gasteiger charge is -2.01. The van der Waals surface area contributed by atoms with Crippen molar-refractivity contribution in [2.75, 3.05) is 0 Å². The van der Waals surface area contributed by atoms with E-state index in [0.29, 0.717) is 0 Å². The first kappa shape index (κ1) is 14.7. The second-order valence-corrected chi connectivity index (χ2v) is 5.64. The van der Waals surface area contributed by atoms with Gasteiger partial charge in [-0.2, -0.15) is 5.10 Å². The average molecular weight is 317 g/mol. The van der Waals surface area contributed by atoms with Gasteiger partial charge in [0.2, 0.25) is 5.91 Å². The molecule has 2 aromatic rings. The summed E-state index contributed by atoms with van der Waals surface area (Å²) in [6, 6.07) is 14.3. The fraction of sp³-hybridized carbons (Fsp3) is 0.176. The molecule has 1 N–H and O–H groups in total. The highest BCUT2D eigenvalue weighted by molar-refractivity contribution is 6.33. The summed E-state index contributed by atoms with van der Waals surface area (Å²) in [6.45, 7) is 0. The van der Waals surface area contributed by atoms with E-state index in [0.717, 1.165) is 12.0 Å². The van der Waals surface area contributed by atoms with Crippen LogP contribution < -0.4 is 5.43 Å². The number of nitrogens with one attached hydrogen (secondary N) is 1. The van der Waals surface area contributed by atoms with Gasteiger partial charge in [-0.3, -0.25) is 4.79 Å². The van der Waals surface area contributed by atoms with E-state index < -0.39 is 5.82 Å². The van der Waals surface area contributed by atoms with E-state index in [9.17, 15) is 9.18 Å². The molecule has 0 aromatic heterocycles. The van der Waals surface area contributed by atoms with Crippen molar-refractivity contribution in [3.63, 3.8) is 0 Å². The Hall–Kier alpha value is -2.20. The molecule has 1 fully saturated rings. The Morgan fingerprint density at radius 3 is 2.73 bits per heavy atom. The van der Waals surface area contributed by atoms with Crippen molar-refractivity contribution >= 4 is 23.7 Å². The second kappa shape index (κ2) is 6.28. The van der Waals surface area contributed by atoms with Gasteiger partial charge in [0.1, 0.15) is 5.82 Å².